The Hall–Kier alpha value is -2.19. The molecule has 0 radical (unpaired) electrons. The van der Waals surface area contributed by atoms with Gasteiger partial charge in [-0.25, -0.2) is 4.39 Å². The second-order valence-corrected chi connectivity index (χ2v) is 5.19. The van der Waals surface area contributed by atoms with E-state index in [-0.39, 0.29) is 11.5 Å². The third kappa shape index (κ3) is 3.22. The minimum atomic E-state index is -0.608. The van der Waals surface area contributed by atoms with Gasteiger partial charge in [0.05, 0.1) is 5.56 Å². The van der Waals surface area contributed by atoms with Crippen LogP contribution in [0.5, 0.6) is 0 Å². The SMILES string of the molecule is Cc1cc(Br)cc(C(=O)Nc2ccc(F)c(C#N)c2)c1. The maximum absolute atomic E-state index is 13.2. The molecule has 0 spiro atoms. The fourth-order valence-electron chi connectivity index (χ4n) is 1.76. The molecule has 2 aromatic rings. The molecule has 0 aliphatic rings. The van der Waals surface area contributed by atoms with Crippen LogP contribution in [0.2, 0.25) is 0 Å². The highest BCUT2D eigenvalue weighted by atomic mass is 79.9. The number of amides is 1. The van der Waals surface area contributed by atoms with E-state index < -0.39 is 5.82 Å². The van der Waals surface area contributed by atoms with Gasteiger partial charge in [0.25, 0.3) is 5.91 Å². The Balaban J connectivity index is 2.26. The first-order valence-electron chi connectivity index (χ1n) is 5.78. The van der Waals surface area contributed by atoms with Gasteiger partial charge in [0.15, 0.2) is 0 Å². The van der Waals surface area contributed by atoms with E-state index in [0.717, 1.165) is 16.1 Å². The Morgan fingerprint density at radius 1 is 1.30 bits per heavy atom. The van der Waals surface area contributed by atoms with Crippen molar-refractivity contribution in [3.05, 3.63) is 63.4 Å². The summed E-state index contributed by atoms with van der Waals surface area (Å²) >= 11 is 3.33. The van der Waals surface area contributed by atoms with Crippen molar-refractivity contribution in [2.24, 2.45) is 0 Å². The van der Waals surface area contributed by atoms with Crippen LogP contribution in [0.25, 0.3) is 0 Å². The number of aryl methyl sites for hydroxylation is 1. The first kappa shape index (κ1) is 14.2. The summed E-state index contributed by atoms with van der Waals surface area (Å²) in [6.45, 7) is 1.88. The molecule has 0 aliphatic heterocycles. The van der Waals surface area contributed by atoms with Gasteiger partial charge >= 0.3 is 0 Å². The monoisotopic (exact) mass is 332 g/mol. The number of hydrogen-bond acceptors (Lipinski definition) is 2. The van der Waals surface area contributed by atoms with E-state index in [1.807, 2.05) is 13.0 Å². The van der Waals surface area contributed by atoms with Crippen LogP contribution in [0.4, 0.5) is 10.1 Å². The summed E-state index contributed by atoms with van der Waals surface area (Å²) in [4.78, 5) is 12.1. The summed E-state index contributed by atoms with van der Waals surface area (Å²) in [5.41, 5.74) is 1.71. The third-order valence-electron chi connectivity index (χ3n) is 2.65. The molecule has 0 bridgehead atoms. The van der Waals surface area contributed by atoms with Crippen LogP contribution in [0, 0.1) is 24.1 Å². The Labute approximate surface area is 124 Å². The van der Waals surface area contributed by atoms with Gasteiger partial charge < -0.3 is 5.32 Å². The Kier molecular flexibility index (Phi) is 4.16. The molecule has 0 aromatic heterocycles. The molecular formula is C15H10BrFN2O. The predicted octanol–water partition coefficient (Wildman–Crippen LogP) is 4.02. The lowest BCUT2D eigenvalue weighted by Crippen LogP contribution is -2.12. The van der Waals surface area contributed by atoms with E-state index in [0.29, 0.717) is 11.3 Å². The highest BCUT2D eigenvalue weighted by Gasteiger charge is 2.09. The van der Waals surface area contributed by atoms with Gasteiger partial charge in [-0.05, 0) is 48.9 Å². The number of carbonyl (C=O) groups excluding carboxylic acids is 1. The van der Waals surface area contributed by atoms with Crippen LogP contribution in [-0.2, 0) is 0 Å². The van der Waals surface area contributed by atoms with Gasteiger partial charge in [-0.3, -0.25) is 4.79 Å². The number of anilines is 1. The molecule has 0 fully saturated rings. The molecule has 100 valence electrons. The van der Waals surface area contributed by atoms with E-state index in [1.165, 1.54) is 12.1 Å². The van der Waals surface area contributed by atoms with Gasteiger partial charge in [-0.15, -0.1) is 0 Å². The molecule has 0 atom stereocenters. The predicted molar refractivity (Wildman–Crippen MR) is 77.9 cm³/mol. The number of nitrogens with zero attached hydrogens (tertiary/aromatic N) is 1. The van der Waals surface area contributed by atoms with Crippen molar-refractivity contribution in [3.8, 4) is 6.07 Å². The highest BCUT2D eigenvalue weighted by molar-refractivity contribution is 9.10. The number of carbonyl (C=O) groups is 1. The van der Waals surface area contributed by atoms with Crippen molar-refractivity contribution in [1.82, 2.24) is 0 Å². The standard InChI is InChI=1S/C15H10BrFN2O/c1-9-4-10(6-12(16)5-9)15(20)19-13-2-3-14(17)11(7-13)8-18/h2-7H,1H3,(H,19,20). The van der Waals surface area contributed by atoms with Crippen molar-refractivity contribution < 1.29 is 9.18 Å². The van der Waals surface area contributed by atoms with Crippen molar-refractivity contribution in [3.63, 3.8) is 0 Å². The number of hydrogen-bond donors (Lipinski definition) is 1. The Morgan fingerprint density at radius 2 is 2.05 bits per heavy atom. The minimum Gasteiger partial charge on any atom is -0.322 e. The highest BCUT2D eigenvalue weighted by Crippen LogP contribution is 2.18. The Morgan fingerprint density at radius 3 is 2.70 bits per heavy atom. The summed E-state index contributed by atoms with van der Waals surface area (Å²) < 4.78 is 14.0. The molecule has 0 saturated heterocycles. The van der Waals surface area contributed by atoms with Crippen molar-refractivity contribution in [1.29, 1.82) is 5.26 Å². The summed E-state index contributed by atoms with van der Waals surface area (Å²) in [5.74, 6) is -0.923. The molecule has 20 heavy (non-hydrogen) atoms. The lowest BCUT2D eigenvalue weighted by atomic mass is 10.1. The van der Waals surface area contributed by atoms with Crippen molar-refractivity contribution in [2.75, 3.05) is 5.32 Å². The van der Waals surface area contributed by atoms with E-state index >= 15 is 0 Å². The summed E-state index contributed by atoms with van der Waals surface area (Å²) in [6, 6.07) is 10.9. The van der Waals surface area contributed by atoms with Gasteiger partial charge in [0.2, 0.25) is 0 Å². The molecule has 2 aromatic carbocycles. The topological polar surface area (TPSA) is 52.9 Å². The maximum Gasteiger partial charge on any atom is 0.255 e. The molecule has 0 heterocycles. The summed E-state index contributed by atoms with van der Waals surface area (Å²) in [5, 5.41) is 11.4. The summed E-state index contributed by atoms with van der Waals surface area (Å²) in [6.07, 6.45) is 0. The van der Waals surface area contributed by atoms with Gasteiger partial charge in [0.1, 0.15) is 11.9 Å². The fourth-order valence-corrected chi connectivity index (χ4v) is 2.37. The largest absolute Gasteiger partial charge is 0.322 e. The molecule has 0 saturated carbocycles. The molecule has 3 nitrogen and oxygen atoms in total. The number of halogens is 2. The molecule has 5 heteroatoms. The van der Waals surface area contributed by atoms with E-state index in [2.05, 4.69) is 21.2 Å². The molecule has 2 rings (SSSR count). The number of nitriles is 1. The smallest absolute Gasteiger partial charge is 0.255 e. The molecular weight excluding hydrogens is 323 g/mol. The zero-order chi connectivity index (χ0) is 14.7. The number of rotatable bonds is 2. The molecule has 1 N–H and O–H groups in total. The van der Waals surface area contributed by atoms with Crippen LogP contribution in [0.15, 0.2) is 40.9 Å². The van der Waals surface area contributed by atoms with E-state index in [1.54, 1.807) is 18.2 Å². The number of benzene rings is 2. The van der Waals surface area contributed by atoms with Crippen LogP contribution >= 0.6 is 15.9 Å². The van der Waals surface area contributed by atoms with Crippen molar-refractivity contribution in [2.45, 2.75) is 6.92 Å². The molecule has 1 amide bonds. The second kappa shape index (κ2) is 5.85. The summed E-state index contributed by atoms with van der Waals surface area (Å²) in [7, 11) is 0. The average Bonchev–Trinajstić information content (AvgIpc) is 2.39. The Bertz CT molecular complexity index is 702. The lowest BCUT2D eigenvalue weighted by Gasteiger charge is -2.07. The number of nitrogens with one attached hydrogen (secondary N) is 1. The fraction of sp³-hybridized carbons (Fsp3) is 0.0667. The van der Waals surface area contributed by atoms with Crippen molar-refractivity contribution >= 4 is 27.5 Å². The van der Waals surface area contributed by atoms with Gasteiger partial charge in [0, 0.05) is 15.7 Å². The molecule has 0 aliphatic carbocycles. The first-order valence-corrected chi connectivity index (χ1v) is 6.57. The van der Waals surface area contributed by atoms with Crippen LogP contribution in [0.1, 0.15) is 21.5 Å². The van der Waals surface area contributed by atoms with E-state index in [9.17, 15) is 9.18 Å². The zero-order valence-corrected chi connectivity index (χ0v) is 12.2. The molecule has 0 unspecified atom stereocenters. The maximum atomic E-state index is 13.2. The quantitative estimate of drug-likeness (QED) is 0.902. The minimum absolute atomic E-state index is 0.103. The van der Waals surface area contributed by atoms with Gasteiger partial charge in [-0.2, -0.15) is 5.26 Å². The van der Waals surface area contributed by atoms with E-state index in [4.69, 9.17) is 5.26 Å². The van der Waals surface area contributed by atoms with Crippen LogP contribution in [0.3, 0.4) is 0 Å². The van der Waals surface area contributed by atoms with Crippen LogP contribution < -0.4 is 5.32 Å². The van der Waals surface area contributed by atoms with Crippen LogP contribution in [-0.4, -0.2) is 5.91 Å². The lowest BCUT2D eigenvalue weighted by molar-refractivity contribution is 0.102. The normalized spacial score (nSPS) is 9.90. The average molecular weight is 333 g/mol. The zero-order valence-electron chi connectivity index (χ0n) is 10.6. The third-order valence-corrected chi connectivity index (χ3v) is 3.11. The second-order valence-electron chi connectivity index (χ2n) is 4.28. The first-order chi connectivity index (χ1) is 9.49. The van der Waals surface area contributed by atoms with Gasteiger partial charge in [-0.1, -0.05) is 15.9 Å².